The molecule has 0 saturated carbocycles. The molecule has 1 unspecified atom stereocenters. The molecule has 0 aromatic heterocycles. The number of rotatable bonds is 3. The van der Waals surface area contributed by atoms with E-state index in [0.717, 1.165) is 35.4 Å². The van der Waals surface area contributed by atoms with Crippen LogP contribution < -0.4 is 15.4 Å². The van der Waals surface area contributed by atoms with Crippen molar-refractivity contribution in [3.05, 3.63) is 22.7 Å². The van der Waals surface area contributed by atoms with Gasteiger partial charge in [0.05, 0.1) is 18.7 Å². The van der Waals surface area contributed by atoms with E-state index in [1.807, 2.05) is 18.2 Å². The van der Waals surface area contributed by atoms with Crippen LogP contribution >= 0.6 is 15.9 Å². The second kappa shape index (κ2) is 5.51. The molecule has 1 aliphatic rings. The summed E-state index contributed by atoms with van der Waals surface area (Å²) >= 11 is 3.41. The highest BCUT2D eigenvalue weighted by molar-refractivity contribution is 9.10. The Morgan fingerprint density at radius 1 is 1.59 bits per heavy atom. The number of halogens is 1. The Morgan fingerprint density at radius 3 is 3.06 bits per heavy atom. The van der Waals surface area contributed by atoms with Gasteiger partial charge in [0.2, 0.25) is 5.91 Å². The average Bonchev–Trinajstić information content (AvgIpc) is 2.85. The Labute approximate surface area is 109 Å². The lowest BCUT2D eigenvalue weighted by Gasteiger charge is -2.12. The largest absolute Gasteiger partial charge is 0.497 e. The van der Waals surface area contributed by atoms with Crippen molar-refractivity contribution in [1.29, 1.82) is 0 Å². The first-order valence-corrected chi connectivity index (χ1v) is 6.35. The molecule has 2 N–H and O–H groups in total. The normalized spacial score (nSPS) is 19.1. The first kappa shape index (κ1) is 12.4. The molecule has 1 saturated heterocycles. The third kappa shape index (κ3) is 2.98. The molecule has 1 amide bonds. The molecule has 0 spiro atoms. The molecule has 92 valence electrons. The van der Waals surface area contributed by atoms with Crippen molar-refractivity contribution >= 4 is 27.5 Å². The predicted octanol–water partition coefficient (Wildman–Crippen LogP) is 2.01. The van der Waals surface area contributed by atoms with Crippen molar-refractivity contribution in [2.75, 3.05) is 25.5 Å². The minimum atomic E-state index is 0.0592. The van der Waals surface area contributed by atoms with Gasteiger partial charge >= 0.3 is 0 Å². The van der Waals surface area contributed by atoms with Crippen LogP contribution in [-0.4, -0.2) is 26.1 Å². The van der Waals surface area contributed by atoms with Gasteiger partial charge in [-0.2, -0.15) is 0 Å². The number of hydrogen-bond acceptors (Lipinski definition) is 3. The third-order valence-corrected chi connectivity index (χ3v) is 3.55. The molecule has 5 heteroatoms. The molecule has 1 heterocycles. The Balaban J connectivity index is 2.09. The Morgan fingerprint density at radius 2 is 2.41 bits per heavy atom. The fourth-order valence-electron chi connectivity index (χ4n) is 1.84. The number of ether oxygens (including phenoxy) is 1. The highest BCUT2D eigenvalue weighted by atomic mass is 79.9. The van der Waals surface area contributed by atoms with Crippen LogP contribution in [0.3, 0.4) is 0 Å². The van der Waals surface area contributed by atoms with E-state index in [1.165, 1.54) is 0 Å². The smallest absolute Gasteiger partial charge is 0.228 e. The van der Waals surface area contributed by atoms with Gasteiger partial charge in [0, 0.05) is 17.1 Å². The SMILES string of the molecule is COc1ccc(Br)c(NC(=O)C2CCNC2)c1. The van der Waals surface area contributed by atoms with E-state index in [9.17, 15) is 4.79 Å². The van der Waals surface area contributed by atoms with Crippen molar-refractivity contribution in [3.8, 4) is 5.75 Å². The van der Waals surface area contributed by atoms with Crippen LogP contribution in [0.15, 0.2) is 22.7 Å². The minimum absolute atomic E-state index is 0.0592. The minimum Gasteiger partial charge on any atom is -0.497 e. The van der Waals surface area contributed by atoms with Crippen LogP contribution in [0.1, 0.15) is 6.42 Å². The van der Waals surface area contributed by atoms with Crippen molar-refractivity contribution in [2.24, 2.45) is 5.92 Å². The first-order valence-electron chi connectivity index (χ1n) is 5.56. The summed E-state index contributed by atoms with van der Waals surface area (Å²) in [7, 11) is 1.61. The summed E-state index contributed by atoms with van der Waals surface area (Å²) in [4.78, 5) is 12.0. The van der Waals surface area contributed by atoms with E-state index in [0.29, 0.717) is 0 Å². The second-order valence-corrected chi connectivity index (χ2v) is 4.88. The van der Waals surface area contributed by atoms with Gasteiger partial charge < -0.3 is 15.4 Å². The van der Waals surface area contributed by atoms with Crippen molar-refractivity contribution in [1.82, 2.24) is 5.32 Å². The highest BCUT2D eigenvalue weighted by Crippen LogP contribution is 2.27. The lowest BCUT2D eigenvalue weighted by atomic mass is 10.1. The Hall–Kier alpha value is -1.07. The monoisotopic (exact) mass is 298 g/mol. The molecule has 1 fully saturated rings. The van der Waals surface area contributed by atoms with E-state index in [4.69, 9.17) is 4.74 Å². The Kier molecular flexibility index (Phi) is 4.02. The maximum absolute atomic E-state index is 12.0. The molecular weight excluding hydrogens is 284 g/mol. The summed E-state index contributed by atoms with van der Waals surface area (Å²) in [6.45, 7) is 1.67. The topological polar surface area (TPSA) is 50.4 Å². The molecule has 2 rings (SSSR count). The summed E-state index contributed by atoms with van der Waals surface area (Å²) < 4.78 is 5.99. The Bertz CT molecular complexity index is 417. The number of benzene rings is 1. The van der Waals surface area contributed by atoms with E-state index in [-0.39, 0.29) is 11.8 Å². The molecule has 17 heavy (non-hydrogen) atoms. The van der Waals surface area contributed by atoms with Crippen LogP contribution in [0.25, 0.3) is 0 Å². The van der Waals surface area contributed by atoms with Crippen LogP contribution in [0.4, 0.5) is 5.69 Å². The third-order valence-electron chi connectivity index (χ3n) is 2.86. The number of methoxy groups -OCH3 is 1. The summed E-state index contributed by atoms with van der Waals surface area (Å²) in [5.74, 6) is 0.852. The highest BCUT2D eigenvalue weighted by Gasteiger charge is 2.22. The summed E-state index contributed by atoms with van der Waals surface area (Å²) in [6.07, 6.45) is 0.896. The van der Waals surface area contributed by atoms with Crippen LogP contribution in [-0.2, 0) is 4.79 Å². The standard InChI is InChI=1S/C12H15BrN2O2/c1-17-9-2-3-10(13)11(6-9)15-12(16)8-4-5-14-7-8/h2-3,6,8,14H,4-5,7H2,1H3,(H,15,16). The maximum atomic E-state index is 12.0. The lowest BCUT2D eigenvalue weighted by Crippen LogP contribution is -2.24. The number of nitrogens with one attached hydrogen (secondary N) is 2. The summed E-state index contributed by atoms with van der Waals surface area (Å²) in [5.41, 5.74) is 0.751. The zero-order chi connectivity index (χ0) is 12.3. The number of hydrogen-bond donors (Lipinski definition) is 2. The molecule has 1 atom stereocenters. The summed E-state index contributed by atoms with van der Waals surface area (Å²) in [5, 5.41) is 6.10. The molecular formula is C12H15BrN2O2. The number of carbonyl (C=O) groups is 1. The van der Waals surface area contributed by atoms with Gasteiger partial charge in [-0.3, -0.25) is 4.79 Å². The van der Waals surface area contributed by atoms with Gasteiger partial charge in [0.1, 0.15) is 5.75 Å². The van der Waals surface area contributed by atoms with Gasteiger partial charge in [0.15, 0.2) is 0 Å². The predicted molar refractivity (Wildman–Crippen MR) is 70.3 cm³/mol. The fourth-order valence-corrected chi connectivity index (χ4v) is 2.19. The van der Waals surface area contributed by atoms with Gasteiger partial charge in [-0.15, -0.1) is 0 Å². The van der Waals surface area contributed by atoms with Crippen molar-refractivity contribution in [3.63, 3.8) is 0 Å². The number of carbonyl (C=O) groups excluding carboxylic acids is 1. The molecule has 1 aromatic carbocycles. The number of amides is 1. The molecule has 1 aromatic rings. The molecule has 1 aliphatic heterocycles. The zero-order valence-electron chi connectivity index (χ0n) is 9.63. The van der Waals surface area contributed by atoms with Crippen LogP contribution in [0.5, 0.6) is 5.75 Å². The van der Waals surface area contributed by atoms with Crippen molar-refractivity contribution < 1.29 is 9.53 Å². The molecule has 0 bridgehead atoms. The fraction of sp³-hybridized carbons (Fsp3) is 0.417. The van der Waals surface area contributed by atoms with E-state index in [2.05, 4.69) is 26.6 Å². The number of anilines is 1. The van der Waals surface area contributed by atoms with Gasteiger partial charge in [-0.05, 0) is 41.0 Å². The van der Waals surface area contributed by atoms with Gasteiger partial charge in [0.25, 0.3) is 0 Å². The average molecular weight is 299 g/mol. The molecule has 4 nitrogen and oxygen atoms in total. The quantitative estimate of drug-likeness (QED) is 0.897. The van der Waals surface area contributed by atoms with E-state index in [1.54, 1.807) is 7.11 Å². The van der Waals surface area contributed by atoms with Crippen LogP contribution in [0.2, 0.25) is 0 Å². The van der Waals surface area contributed by atoms with Gasteiger partial charge in [-0.25, -0.2) is 0 Å². The van der Waals surface area contributed by atoms with Crippen molar-refractivity contribution in [2.45, 2.75) is 6.42 Å². The molecule has 0 radical (unpaired) electrons. The first-order chi connectivity index (χ1) is 8.20. The lowest BCUT2D eigenvalue weighted by molar-refractivity contribution is -0.119. The maximum Gasteiger partial charge on any atom is 0.228 e. The van der Waals surface area contributed by atoms with E-state index >= 15 is 0 Å². The van der Waals surface area contributed by atoms with E-state index < -0.39 is 0 Å². The second-order valence-electron chi connectivity index (χ2n) is 4.02. The van der Waals surface area contributed by atoms with Crippen LogP contribution in [0, 0.1) is 5.92 Å². The zero-order valence-corrected chi connectivity index (χ0v) is 11.2. The van der Waals surface area contributed by atoms with Gasteiger partial charge in [-0.1, -0.05) is 0 Å². The summed E-state index contributed by atoms with van der Waals surface area (Å²) in [6, 6.07) is 5.52. The molecule has 0 aliphatic carbocycles.